The number of rotatable bonds is 4. The van der Waals surface area contributed by atoms with Crippen molar-refractivity contribution in [3.05, 3.63) is 22.8 Å². The fraction of sp³-hybridized carbons (Fsp3) is 0.667. The maximum atomic E-state index is 12.6. The van der Waals surface area contributed by atoms with Gasteiger partial charge in [0.25, 0.3) is 0 Å². The lowest BCUT2D eigenvalue weighted by Gasteiger charge is -2.36. The predicted molar refractivity (Wildman–Crippen MR) is 100 cm³/mol. The predicted octanol–water partition coefficient (Wildman–Crippen LogP) is 2.52. The van der Waals surface area contributed by atoms with Crippen molar-refractivity contribution in [3.8, 4) is 0 Å². The van der Waals surface area contributed by atoms with Gasteiger partial charge in [-0.3, -0.25) is 4.79 Å². The van der Waals surface area contributed by atoms with Gasteiger partial charge in [-0.25, -0.2) is 4.98 Å². The van der Waals surface area contributed by atoms with Crippen molar-refractivity contribution in [1.29, 1.82) is 0 Å². The number of carbonyl (C=O) groups is 1. The standard InChI is InChI=1S/C18H27BrN4O/c1-14(15-3-2-6-20-12-15)11-18(24)23-9-7-22(8-10-23)17-5-4-16(19)13-21-17/h4-5,13-15,20H,2-3,6-12H2,1H3. The number of aromatic nitrogens is 1. The van der Waals surface area contributed by atoms with Gasteiger partial charge in [0.1, 0.15) is 5.82 Å². The van der Waals surface area contributed by atoms with Crippen molar-refractivity contribution < 1.29 is 4.79 Å². The summed E-state index contributed by atoms with van der Waals surface area (Å²) in [6, 6.07) is 4.04. The lowest BCUT2D eigenvalue weighted by atomic mass is 9.85. The monoisotopic (exact) mass is 394 g/mol. The van der Waals surface area contributed by atoms with Crippen molar-refractivity contribution in [2.45, 2.75) is 26.2 Å². The zero-order valence-corrected chi connectivity index (χ0v) is 16.0. The van der Waals surface area contributed by atoms with E-state index in [-0.39, 0.29) is 0 Å². The highest BCUT2D eigenvalue weighted by Crippen LogP contribution is 2.24. The Balaban J connectivity index is 1.47. The van der Waals surface area contributed by atoms with Gasteiger partial charge in [0, 0.05) is 43.3 Å². The quantitative estimate of drug-likeness (QED) is 0.851. The van der Waals surface area contributed by atoms with Crippen molar-refractivity contribution in [1.82, 2.24) is 15.2 Å². The average Bonchev–Trinajstić information content (AvgIpc) is 2.63. The third-order valence-corrected chi connectivity index (χ3v) is 5.77. The van der Waals surface area contributed by atoms with Crippen LogP contribution in [-0.2, 0) is 4.79 Å². The van der Waals surface area contributed by atoms with Crippen LogP contribution in [0.15, 0.2) is 22.8 Å². The van der Waals surface area contributed by atoms with Crippen LogP contribution in [0.2, 0.25) is 0 Å². The summed E-state index contributed by atoms with van der Waals surface area (Å²) in [5.41, 5.74) is 0. The Bertz CT molecular complexity index is 536. The average molecular weight is 395 g/mol. The molecule has 2 aliphatic heterocycles. The zero-order valence-electron chi connectivity index (χ0n) is 14.4. The molecule has 3 heterocycles. The van der Waals surface area contributed by atoms with E-state index >= 15 is 0 Å². The number of amides is 1. The first-order valence-corrected chi connectivity index (χ1v) is 9.78. The molecule has 0 aliphatic carbocycles. The number of nitrogens with one attached hydrogen (secondary N) is 1. The van der Waals surface area contributed by atoms with E-state index in [0.29, 0.717) is 24.2 Å². The van der Waals surface area contributed by atoms with Crippen LogP contribution in [0.4, 0.5) is 5.82 Å². The second-order valence-electron chi connectivity index (χ2n) is 6.99. The largest absolute Gasteiger partial charge is 0.353 e. The van der Waals surface area contributed by atoms with Crippen LogP contribution < -0.4 is 10.2 Å². The van der Waals surface area contributed by atoms with E-state index in [0.717, 1.165) is 49.6 Å². The number of hydrogen-bond acceptors (Lipinski definition) is 4. The Morgan fingerprint density at radius 1 is 1.38 bits per heavy atom. The summed E-state index contributed by atoms with van der Waals surface area (Å²) < 4.78 is 0.992. The molecule has 2 fully saturated rings. The molecular weight excluding hydrogens is 368 g/mol. The summed E-state index contributed by atoms with van der Waals surface area (Å²) in [5.74, 6) is 2.43. The summed E-state index contributed by atoms with van der Waals surface area (Å²) >= 11 is 3.42. The van der Waals surface area contributed by atoms with Crippen LogP contribution in [0, 0.1) is 11.8 Å². The third kappa shape index (κ3) is 4.48. The van der Waals surface area contributed by atoms with E-state index in [9.17, 15) is 4.79 Å². The fourth-order valence-electron chi connectivity index (χ4n) is 3.68. The molecule has 2 saturated heterocycles. The fourth-order valence-corrected chi connectivity index (χ4v) is 3.91. The van der Waals surface area contributed by atoms with E-state index < -0.39 is 0 Å². The Hall–Kier alpha value is -1.14. The molecule has 0 radical (unpaired) electrons. The highest BCUT2D eigenvalue weighted by Gasteiger charge is 2.26. The number of halogens is 1. The third-order valence-electron chi connectivity index (χ3n) is 5.30. The highest BCUT2D eigenvalue weighted by atomic mass is 79.9. The van der Waals surface area contributed by atoms with Gasteiger partial charge in [-0.2, -0.15) is 0 Å². The van der Waals surface area contributed by atoms with Crippen LogP contribution in [-0.4, -0.2) is 55.1 Å². The first kappa shape index (κ1) is 17.7. The summed E-state index contributed by atoms with van der Waals surface area (Å²) in [6.07, 6.45) is 5.00. The first-order chi connectivity index (χ1) is 11.6. The molecule has 2 unspecified atom stereocenters. The molecule has 3 rings (SSSR count). The van der Waals surface area contributed by atoms with E-state index in [4.69, 9.17) is 0 Å². The number of carbonyl (C=O) groups excluding carboxylic acids is 1. The molecule has 1 aromatic heterocycles. The Morgan fingerprint density at radius 3 is 2.79 bits per heavy atom. The van der Waals surface area contributed by atoms with Crippen LogP contribution in [0.3, 0.4) is 0 Å². The van der Waals surface area contributed by atoms with Crippen molar-refractivity contribution >= 4 is 27.7 Å². The van der Waals surface area contributed by atoms with Gasteiger partial charge in [0.15, 0.2) is 0 Å². The Morgan fingerprint density at radius 2 is 2.17 bits per heavy atom. The Labute approximate surface area is 152 Å². The lowest BCUT2D eigenvalue weighted by molar-refractivity contribution is -0.132. The molecule has 0 aromatic carbocycles. The second kappa shape index (κ2) is 8.30. The van der Waals surface area contributed by atoms with Gasteiger partial charge in [0.05, 0.1) is 0 Å². The van der Waals surface area contributed by atoms with Crippen LogP contribution in [0.1, 0.15) is 26.2 Å². The summed E-state index contributed by atoms with van der Waals surface area (Å²) in [5, 5.41) is 3.45. The molecule has 24 heavy (non-hydrogen) atoms. The van der Waals surface area contributed by atoms with Gasteiger partial charge in [-0.15, -0.1) is 0 Å². The number of nitrogens with zero attached hydrogens (tertiary/aromatic N) is 3. The van der Waals surface area contributed by atoms with Gasteiger partial charge in [-0.1, -0.05) is 6.92 Å². The smallest absolute Gasteiger partial charge is 0.222 e. The number of piperidine rings is 1. The maximum absolute atomic E-state index is 12.6. The number of anilines is 1. The first-order valence-electron chi connectivity index (χ1n) is 8.98. The van der Waals surface area contributed by atoms with Crippen molar-refractivity contribution in [3.63, 3.8) is 0 Å². The summed E-state index contributed by atoms with van der Waals surface area (Å²) in [4.78, 5) is 21.3. The van der Waals surface area contributed by atoms with Gasteiger partial charge >= 0.3 is 0 Å². The van der Waals surface area contributed by atoms with E-state index in [2.05, 4.69) is 38.1 Å². The van der Waals surface area contributed by atoms with Gasteiger partial charge in [0.2, 0.25) is 5.91 Å². The zero-order chi connectivity index (χ0) is 16.9. The number of piperazine rings is 1. The topological polar surface area (TPSA) is 48.5 Å². The minimum atomic E-state index is 0.316. The summed E-state index contributed by atoms with van der Waals surface area (Å²) in [7, 11) is 0. The van der Waals surface area contributed by atoms with Gasteiger partial charge < -0.3 is 15.1 Å². The molecular formula is C18H27BrN4O. The summed E-state index contributed by atoms with van der Waals surface area (Å²) in [6.45, 7) is 7.75. The maximum Gasteiger partial charge on any atom is 0.222 e. The second-order valence-corrected chi connectivity index (χ2v) is 7.91. The Kier molecular flexibility index (Phi) is 6.11. The minimum absolute atomic E-state index is 0.316. The minimum Gasteiger partial charge on any atom is -0.353 e. The van der Waals surface area contributed by atoms with E-state index in [1.165, 1.54) is 12.8 Å². The molecule has 1 amide bonds. The molecule has 5 nitrogen and oxygen atoms in total. The van der Waals surface area contributed by atoms with Gasteiger partial charge in [-0.05, 0) is 65.8 Å². The normalized spacial score (nSPS) is 23.2. The number of hydrogen-bond donors (Lipinski definition) is 1. The molecule has 2 aliphatic rings. The molecule has 0 spiro atoms. The van der Waals surface area contributed by atoms with Crippen molar-refractivity contribution in [2.75, 3.05) is 44.2 Å². The molecule has 2 atom stereocenters. The highest BCUT2D eigenvalue weighted by molar-refractivity contribution is 9.10. The van der Waals surface area contributed by atoms with Crippen molar-refractivity contribution in [2.24, 2.45) is 11.8 Å². The molecule has 1 aromatic rings. The van der Waals surface area contributed by atoms with E-state index in [1.54, 1.807) is 0 Å². The van der Waals surface area contributed by atoms with Crippen LogP contribution in [0.5, 0.6) is 0 Å². The molecule has 0 saturated carbocycles. The van der Waals surface area contributed by atoms with E-state index in [1.807, 2.05) is 23.2 Å². The molecule has 132 valence electrons. The molecule has 6 heteroatoms. The van der Waals surface area contributed by atoms with Crippen LogP contribution >= 0.6 is 15.9 Å². The SMILES string of the molecule is CC(CC(=O)N1CCN(c2ccc(Br)cn2)CC1)C1CCCNC1. The number of pyridine rings is 1. The van der Waals surface area contributed by atoms with Crippen LogP contribution in [0.25, 0.3) is 0 Å². The molecule has 0 bridgehead atoms. The molecule has 1 N–H and O–H groups in total. The lowest BCUT2D eigenvalue weighted by Crippen LogP contribution is -2.49.